The molecule has 3 amide bonds. The summed E-state index contributed by atoms with van der Waals surface area (Å²) in [4.78, 5) is 109. The van der Waals surface area contributed by atoms with Crippen molar-refractivity contribution in [1.29, 1.82) is 0 Å². The third kappa shape index (κ3) is 23.9. The van der Waals surface area contributed by atoms with Gasteiger partial charge in [0.25, 0.3) is 5.91 Å². The molecule has 2 heterocycles. The van der Waals surface area contributed by atoms with Crippen LogP contribution in [0.2, 0.25) is 0 Å². The fraction of sp³-hybridized carbons (Fsp3) is 0.762. The Hall–Kier alpha value is -3.52. The number of alkyl halides is 1. The highest BCUT2D eigenvalue weighted by Gasteiger charge is 2.39. The molecule has 388 valence electrons. The topological polar surface area (TPSA) is 326 Å². The lowest BCUT2D eigenvalue weighted by Crippen LogP contribution is -2.50. The van der Waals surface area contributed by atoms with Gasteiger partial charge in [-0.05, 0) is 72.9 Å². The van der Waals surface area contributed by atoms with Crippen molar-refractivity contribution in [3.05, 3.63) is 22.7 Å². The number of hydrogen-bond donors (Lipinski definition) is 8. The molecule has 2 aliphatic rings. The summed E-state index contributed by atoms with van der Waals surface area (Å²) in [5.41, 5.74) is 2.20. The highest BCUT2D eigenvalue weighted by Crippen LogP contribution is 2.41. The number of amides is 3. The zero-order valence-corrected chi connectivity index (χ0v) is 42.6. The summed E-state index contributed by atoms with van der Waals surface area (Å²) in [6.45, 7) is 14.3. The van der Waals surface area contributed by atoms with E-state index in [2.05, 4.69) is 30.8 Å². The van der Waals surface area contributed by atoms with Crippen LogP contribution in [0.4, 0.5) is 10.2 Å². The molecule has 26 heteroatoms. The minimum Gasteiger partial charge on any atom is -0.480 e. The quantitative estimate of drug-likeness (QED) is 0.0339. The van der Waals surface area contributed by atoms with Crippen LogP contribution in [0.3, 0.4) is 0 Å². The smallest absolute Gasteiger partial charge is 0.469 e. The Morgan fingerprint density at radius 3 is 2.19 bits per heavy atom. The number of carbonyl (C=O) groups excluding carboxylic acids is 5. The van der Waals surface area contributed by atoms with Crippen molar-refractivity contribution < 1.29 is 71.4 Å². The highest BCUT2D eigenvalue weighted by atomic mass is 32.2. The Labute approximate surface area is 404 Å². The van der Waals surface area contributed by atoms with Crippen LogP contribution in [-0.2, 0) is 52.1 Å². The Bertz CT molecular complexity index is 1940. The molecular formula is C42H71FN7O15PS2. The van der Waals surface area contributed by atoms with Gasteiger partial charge in [-0.3, -0.25) is 38.4 Å². The molecule has 1 aromatic rings. The number of nitrogens with two attached hydrogens (primary N) is 1. The van der Waals surface area contributed by atoms with Crippen molar-refractivity contribution in [3.8, 4) is 0 Å². The van der Waals surface area contributed by atoms with Crippen molar-refractivity contribution in [2.45, 2.75) is 153 Å². The first-order chi connectivity index (χ1) is 31.6. The second kappa shape index (κ2) is 28.4. The predicted molar refractivity (Wildman–Crippen MR) is 254 cm³/mol. The molecule has 2 fully saturated rings. The average molecular weight is 1030 g/mol. The summed E-state index contributed by atoms with van der Waals surface area (Å²) in [5, 5.41) is 20.8. The molecular weight excluding hydrogens is 957 g/mol. The van der Waals surface area contributed by atoms with Gasteiger partial charge >= 0.3 is 25.5 Å². The number of carboxylic acids is 1. The minimum atomic E-state index is -4.82. The number of halogens is 1. The number of anilines is 1. The molecule has 0 radical (unpaired) electrons. The molecule has 0 spiro atoms. The number of carboxylic acid groups (broad SMARTS) is 1. The van der Waals surface area contributed by atoms with Gasteiger partial charge in [-0.15, -0.1) is 0 Å². The lowest BCUT2D eigenvalue weighted by Gasteiger charge is -2.37. The van der Waals surface area contributed by atoms with Crippen LogP contribution in [0.1, 0.15) is 107 Å². The first-order valence-electron chi connectivity index (χ1n) is 22.2. The molecule has 3 rings (SSSR count). The van der Waals surface area contributed by atoms with E-state index in [9.17, 15) is 47.6 Å². The Morgan fingerprint density at radius 2 is 1.65 bits per heavy atom. The van der Waals surface area contributed by atoms with Gasteiger partial charge in [0.2, 0.25) is 11.8 Å². The van der Waals surface area contributed by atoms with Crippen LogP contribution in [0, 0.1) is 5.41 Å². The van der Waals surface area contributed by atoms with Crippen molar-refractivity contribution in [2.24, 2.45) is 11.1 Å². The largest absolute Gasteiger partial charge is 0.480 e. The van der Waals surface area contributed by atoms with Gasteiger partial charge in [0.15, 0.2) is 12.8 Å². The number of aliphatic carboxylic acids is 1. The zero-order chi connectivity index (χ0) is 51.5. The molecule has 9 N–H and O–H groups in total. The maximum Gasteiger partial charge on any atom is 0.469 e. The molecule has 0 aromatic carbocycles. The van der Waals surface area contributed by atoms with Gasteiger partial charge in [0, 0.05) is 65.1 Å². The minimum absolute atomic E-state index is 0.0357. The van der Waals surface area contributed by atoms with Crippen LogP contribution in [-0.4, -0.2) is 151 Å². The number of phosphoric ester groups is 1. The Kier molecular flexibility index (Phi) is 25.3. The molecule has 22 nitrogen and oxygen atoms in total. The maximum absolute atomic E-state index is 14.6. The van der Waals surface area contributed by atoms with E-state index in [0.717, 1.165) is 42.5 Å². The number of nitrogens with one attached hydrogen (secondary N) is 4. The van der Waals surface area contributed by atoms with Gasteiger partial charge in [-0.1, -0.05) is 20.8 Å². The van der Waals surface area contributed by atoms with Crippen molar-refractivity contribution >= 4 is 73.1 Å². The Balaban J connectivity index is 0.00000514. The molecule has 1 aromatic heterocycles. The number of nitrogens with zero attached hydrogens (tertiary/aromatic N) is 2. The maximum atomic E-state index is 14.6. The van der Waals surface area contributed by atoms with Crippen LogP contribution in [0.15, 0.2) is 17.1 Å². The normalized spacial score (nSPS) is 20.4. The molecule has 1 aliphatic heterocycles. The fourth-order valence-corrected chi connectivity index (χ4v) is 9.74. The van der Waals surface area contributed by atoms with Crippen molar-refractivity contribution in [3.63, 3.8) is 0 Å². The average Bonchev–Trinajstić information content (AvgIpc) is 3.59. The van der Waals surface area contributed by atoms with Crippen LogP contribution in [0.5, 0.6) is 0 Å². The lowest BCUT2D eigenvalue weighted by molar-refractivity contribution is -0.147. The summed E-state index contributed by atoms with van der Waals surface area (Å²) in [5.74, 6) is -3.31. The first-order valence-corrected chi connectivity index (χ1v) is 25.9. The molecule has 1 saturated carbocycles. The van der Waals surface area contributed by atoms with Gasteiger partial charge < -0.3 is 55.6 Å². The molecule has 0 bridgehead atoms. The number of carbonyl (C=O) groups is 6. The lowest BCUT2D eigenvalue weighted by atomic mass is 9.92. The number of rotatable bonds is 28. The van der Waals surface area contributed by atoms with Gasteiger partial charge in [0.05, 0.1) is 24.7 Å². The van der Waals surface area contributed by atoms with Gasteiger partial charge in [-0.25, -0.2) is 13.8 Å². The van der Waals surface area contributed by atoms with Crippen LogP contribution in [0.25, 0.3) is 0 Å². The van der Waals surface area contributed by atoms with Crippen molar-refractivity contribution in [2.75, 3.05) is 49.7 Å². The summed E-state index contributed by atoms with van der Waals surface area (Å²) >= 11 is 3.05. The molecule has 68 heavy (non-hydrogen) atoms. The third-order valence-electron chi connectivity index (χ3n) is 10.1. The van der Waals surface area contributed by atoms with E-state index >= 15 is 0 Å². The summed E-state index contributed by atoms with van der Waals surface area (Å²) < 4.78 is 47.0. The number of aldehydes is 1. The molecule has 5 unspecified atom stereocenters. The number of thioether (sulfide) groups is 2. The van der Waals surface area contributed by atoms with Crippen molar-refractivity contribution in [1.82, 2.24) is 25.5 Å². The summed E-state index contributed by atoms with van der Waals surface area (Å²) in [7, 11) is -4.82. The number of hydrogen-bond acceptors (Lipinski definition) is 17. The second-order valence-corrected chi connectivity index (χ2v) is 22.3. The third-order valence-corrected chi connectivity index (χ3v) is 13.8. The number of aromatic nitrogens is 2. The number of esters is 1. The molecule has 1 saturated heterocycles. The standard InChI is InChI=1S/C40H64FN6O15PS2.C2H7N/c1-38(2,3)46-27(36(53)54)22-65-29-9-8-28(29)64-21-26(43-31(49)10-13-40(6,7)60-17-14-39(4,5)23-48)34(52)42-15-11-33(51)59-20-32(50)44-30-12-16-47(37(55)45-30)35-25(41)18-24(62-35)19-61-63(56,57)58;1-2-3/h12,16,23-29,35,46H,8-11,13-15,17-22H2,1-7H3,(H,42,52)(H,43,49)(H,53,54)(H2,56,57,58)(H,44,45,50,55);2-3H2,1H3/t24-,25-,26?,27?,28?,29?,35?;/m0./s1. The van der Waals surface area contributed by atoms with E-state index < -0.39 is 104 Å². The molecule has 1 aliphatic carbocycles. The van der Waals surface area contributed by atoms with E-state index in [1.807, 2.05) is 41.5 Å². The monoisotopic (exact) mass is 1030 g/mol. The van der Waals surface area contributed by atoms with Crippen LogP contribution >= 0.6 is 31.3 Å². The number of ether oxygens (including phenoxy) is 3. The second-order valence-electron chi connectivity index (χ2n) is 18.5. The Morgan fingerprint density at radius 1 is 1.03 bits per heavy atom. The predicted octanol–water partition coefficient (Wildman–Crippen LogP) is 2.45. The fourth-order valence-electron chi connectivity index (χ4n) is 6.26. The number of phosphoric acid groups is 1. The van der Waals surface area contributed by atoms with E-state index in [1.165, 1.54) is 11.8 Å². The van der Waals surface area contributed by atoms with E-state index in [1.54, 1.807) is 25.6 Å². The van der Waals surface area contributed by atoms with E-state index in [-0.39, 0.29) is 47.9 Å². The first kappa shape index (κ1) is 60.6. The van der Waals surface area contributed by atoms with E-state index in [0.29, 0.717) is 25.2 Å². The SMILES string of the molecule is CC(C)(C=O)CCOC(C)(C)CCC(=O)NC(CSC1CCC1SCC(NC(C)(C)C)C(=O)O)C(=O)NCCC(=O)OCC(=O)Nc1ccn(C2O[C@H](COP(=O)(O)O)C[C@@H]2F)c(=O)n1.CCN. The van der Waals surface area contributed by atoms with Crippen LogP contribution < -0.4 is 32.7 Å². The molecule has 7 atom stereocenters. The van der Waals surface area contributed by atoms with Gasteiger partial charge in [0.1, 0.15) is 30.4 Å². The van der Waals surface area contributed by atoms with E-state index in [4.69, 9.17) is 29.7 Å². The summed E-state index contributed by atoms with van der Waals surface area (Å²) in [6.07, 6.45) is -0.352. The summed E-state index contributed by atoms with van der Waals surface area (Å²) in [6, 6.07) is -0.571. The van der Waals surface area contributed by atoms with Gasteiger partial charge in [-0.2, -0.15) is 28.5 Å². The zero-order valence-electron chi connectivity index (χ0n) is 40.0. The highest BCUT2D eigenvalue weighted by molar-refractivity contribution is 8.04.